The van der Waals surface area contributed by atoms with Gasteiger partial charge in [0.2, 0.25) is 0 Å². The highest BCUT2D eigenvalue weighted by Crippen LogP contribution is 2.62. The standard InChI is InChI=1S/C14H28N2/c1-10(9-11-7-6-8-15-11)16-12-13(2,3)14(12,4)5/h10-12,15-16H,6-9H2,1-5H3. The summed E-state index contributed by atoms with van der Waals surface area (Å²) in [5.41, 5.74) is 0.925. The Hall–Kier alpha value is -0.0800. The molecule has 2 aliphatic rings. The summed E-state index contributed by atoms with van der Waals surface area (Å²) in [5.74, 6) is 0. The van der Waals surface area contributed by atoms with Crippen LogP contribution in [0.3, 0.4) is 0 Å². The molecule has 1 aliphatic heterocycles. The summed E-state index contributed by atoms with van der Waals surface area (Å²) in [6, 6.07) is 2.09. The summed E-state index contributed by atoms with van der Waals surface area (Å²) in [7, 11) is 0. The molecule has 94 valence electrons. The summed E-state index contributed by atoms with van der Waals surface area (Å²) in [5, 5.41) is 7.40. The molecular weight excluding hydrogens is 196 g/mol. The summed E-state index contributed by atoms with van der Waals surface area (Å²) < 4.78 is 0. The lowest BCUT2D eigenvalue weighted by atomic mass is 10.0. The Labute approximate surface area is 101 Å². The highest BCUT2D eigenvalue weighted by molar-refractivity contribution is 5.18. The zero-order valence-electron chi connectivity index (χ0n) is 11.6. The molecular formula is C14H28N2. The van der Waals surface area contributed by atoms with Gasteiger partial charge in [0.1, 0.15) is 0 Å². The van der Waals surface area contributed by atoms with E-state index >= 15 is 0 Å². The average Bonchev–Trinajstić information content (AvgIpc) is 2.63. The first-order valence-electron chi connectivity index (χ1n) is 6.85. The topological polar surface area (TPSA) is 24.1 Å². The van der Waals surface area contributed by atoms with Crippen molar-refractivity contribution < 1.29 is 0 Å². The smallest absolute Gasteiger partial charge is 0.0183 e. The lowest BCUT2D eigenvalue weighted by molar-refractivity contribution is 0.412. The third-order valence-electron chi connectivity index (χ3n) is 5.27. The maximum absolute atomic E-state index is 3.82. The van der Waals surface area contributed by atoms with Crippen LogP contribution < -0.4 is 10.6 Å². The van der Waals surface area contributed by atoms with Crippen molar-refractivity contribution in [1.29, 1.82) is 0 Å². The van der Waals surface area contributed by atoms with Crippen molar-refractivity contribution in [2.75, 3.05) is 6.54 Å². The zero-order valence-corrected chi connectivity index (χ0v) is 11.6. The SMILES string of the molecule is CC(CC1CCCN1)NC1C(C)(C)C1(C)C. The largest absolute Gasteiger partial charge is 0.314 e. The van der Waals surface area contributed by atoms with Crippen molar-refractivity contribution in [3.05, 3.63) is 0 Å². The molecule has 2 fully saturated rings. The van der Waals surface area contributed by atoms with Gasteiger partial charge < -0.3 is 10.6 Å². The van der Waals surface area contributed by atoms with E-state index in [1.165, 1.54) is 25.8 Å². The number of hydrogen-bond donors (Lipinski definition) is 2. The van der Waals surface area contributed by atoms with Crippen LogP contribution in [0.2, 0.25) is 0 Å². The third-order valence-corrected chi connectivity index (χ3v) is 5.27. The van der Waals surface area contributed by atoms with Crippen LogP contribution in [0.25, 0.3) is 0 Å². The minimum absolute atomic E-state index is 0.463. The van der Waals surface area contributed by atoms with Gasteiger partial charge in [-0.25, -0.2) is 0 Å². The summed E-state index contributed by atoms with van der Waals surface area (Å²) >= 11 is 0. The Morgan fingerprint density at radius 1 is 1.25 bits per heavy atom. The van der Waals surface area contributed by atoms with Crippen molar-refractivity contribution in [2.45, 2.75) is 72.0 Å². The van der Waals surface area contributed by atoms with Crippen LogP contribution in [0.4, 0.5) is 0 Å². The van der Waals surface area contributed by atoms with Crippen molar-refractivity contribution in [3.8, 4) is 0 Å². The summed E-state index contributed by atoms with van der Waals surface area (Å²) in [6.45, 7) is 13.1. The van der Waals surface area contributed by atoms with Crippen molar-refractivity contribution >= 4 is 0 Å². The fraction of sp³-hybridized carbons (Fsp3) is 1.00. The Balaban J connectivity index is 1.78. The molecule has 0 amide bonds. The molecule has 2 atom stereocenters. The second kappa shape index (κ2) is 3.99. The predicted molar refractivity (Wildman–Crippen MR) is 69.6 cm³/mol. The van der Waals surface area contributed by atoms with E-state index in [0.717, 1.165) is 6.04 Å². The van der Waals surface area contributed by atoms with Crippen molar-refractivity contribution in [3.63, 3.8) is 0 Å². The number of rotatable bonds is 4. The Bertz CT molecular complexity index is 237. The van der Waals surface area contributed by atoms with E-state index in [4.69, 9.17) is 0 Å². The molecule has 0 bridgehead atoms. The average molecular weight is 224 g/mol. The maximum Gasteiger partial charge on any atom is 0.0183 e. The van der Waals surface area contributed by atoms with Crippen LogP contribution in [0, 0.1) is 10.8 Å². The van der Waals surface area contributed by atoms with Crippen LogP contribution in [-0.4, -0.2) is 24.7 Å². The molecule has 0 radical (unpaired) electrons. The molecule has 0 spiro atoms. The number of hydrogen-bond acceptors (Lipinski definition) is 2. The maximum atomic E-state index is 3.82. The van der Waals surface area contributed by atoms with E-state index in [9.17, 15) is 0 Å². The molecule has 1 saturated heterocycles. The highest BCUT2D eigenvalue weighted by Gasteiger charge is 2.64. The quantitative estimate of drug-likeness (QED) is 0.767. The van der Waals surface area contributed by atoms with Crippen LogP contribution in [0.5, 0.6) is 0 Å². The lowest BCUT2D eigenvalue weighted by Crippen LogP contribution is -2.37. The monoisotopic (exact) mass is 224 g/mol. The minimum atomic E-state index is 0.463. The van der Waals surface area contributed by atoms with E-state index in [1.807, 2.05) is 0 Å². The van der Waals surface area contributed by atoms with Gasteiger partial charge >= 0.3 is 0 Å². The van der Waals surface area contributed by atoms with Gasteiger partial charge in [-0.15, -0.1) is 0 Å². The van der Waals surface area contributed by atoms with Crippen molar-refractivity contribution in [1.82, 2.24) is 10.6 Å². The van der Waals surface area contributed by atoms with E-state index in [2.05, 4.69) is 45.3 Å². The molecule has 1 aliphatic carbocycles. The molecule has 2 rings (SSSR count). The molecule has 16 heavy (non-hydrogen) atoms. The van der Waals surface area contributed by atoms with Gasteiger partial charge in [0.15, 0.2) is 0 Å². The Kier molecular flexibility index (Phi) is 3.09. The van der Waals surface area contributed by atoms with Crippen molar-refractivity contribution in [2.24, 2.45) is 10.8 Å². The van der Waals surface area contributed by atoms with Gasteiger partial charge in [0.25, 0.3) is 0 Å². The van der Waals surface area contributed by atoms with Gasteiger partial charge in [-0.2, -0.15) is 0 Å². The van der Waals surface area contributed by atoms with E-state index < -0.39 is 0 Å². The second-order valence-electron chi connectivity index (χ2n) is 6.97. The van der Waals surface area contributed by atoms with Gasteiger partial charge in [-0.05, 0) is 43.6 Å². The van der Waals surface area contributed by atoms with E-state index in [0.29, 0.717) is 22.9 Å². The van der Waals surface area contributed by atoms with Gasteiger partial charge in [0, 0.05) is 18.1 Å². The normalized spacial score (nSPS) is 33.9. The van der Waals surface area contributed by atoms with Crippen LogP contribution in [-0.2, 0) is 0 Å². The second-order valence-corrected chi connectivity index (χ2v) is 6.97. The van der Waals surface area contributed by atoms with Crippen LogP contribution in [0.1, 0.15) is 53.9 Å². The molecule has 1 saturated carbocycles. The molecule has 0 aromatic heterocycles. The first kappa shape index (κ1) is 12.4. The van der Waals surface area contributed by atoms with E-state index in [1.54, 1.807) is 0 Å². The Morgan fingerprint density at radius 2 is 1.88 bits per heavy atom. The van der Waals surface area contributed by atoms with Gasteiger partial charge in [0.05, 0.1) is 0 Å². The zero-order chi connectivity index (χ0) is 12.0. The minimum Gasteiger partial charge on any atom is -0.314 e. The van der Waals surface area contributed by atoms with Gasteiger partial charge in [-0.1, -0.05) is 27.7 Å². The summed E-state index contributed by atoms with van der Waals surface area (Å²) in [4.78, 5) is 0. The fourth-order valence-corrected chi connectivity index (χ4v) is 3.35. The summed E-state index contributed by atoms with van der Waals surface area (Å²) in [6.07, 6.45) is 4.00. The molecule has 2 N–H and O–H groups in total. The third kappa shape index (κ3) is 2.02. The first-order valence-corrected chi connectivity index (χ1v) is 6.85. The molecule has 0 aromatic rings. The molecule has 0 aromatic carbocycles. The van der Waals surface area contributed by atoms with Crippen LogP contribution in [0.15, 0.2) is 0 Å². The predicted octanol–water partition coefficient (Wildman–Crippen LogP) is 2.54. The van der Waals surface area contributed by atoms with E-state index in [-0.39, 0.29) is 0 Å². The molecule has 2 nitrogen and oxygen atoms in total. The molecule has 2 unspecified atom stereocenters. The van der Waals surface area contributed by atoms with Gasteiger partial charge in [-0.3, -0.25) is 0 Å². The molecule has 1 heterocycles. The molecule has 2 heteroatoms. The highest BCUT2D eigenvalue weighted by atomic mass is 15.1. The number of nitrogens with one attached hydrogen (secondary N) is 2. The first-order chi connectivity index (χ1) is 7.35. The van der Waals surface area contributed by atoms with Crippen LogP contribution >= 0.6 is 0 Å². The fourth-order valence-electron chi connectivity index (χ4n) is 3.35. The lowest BCUT2D eigenvalue weighted by Gasteiger charge is -2.19. The Morgan fingerprint density at radius 3 is 2.31 bits per heavy atom.